The van der Waals surface area contributed by atoms with Crippen LogP contribution in [0.5, 0.6) is 0 Å². The molecule has 2 aromatic carbocycles. The van der Waals surface area contributed by atoms with Crippen molar-refractivity contribution < 1.29 is 9.59 Å². The fourth-order valence-electron chi connectivity index (χ4n) is 3.88. The molecule has 0 saturated carbocycles. The molecule has 0 bridgehead atoms. The van der Waals surface area contributed by atoms with Crippen LogP contribution in [0.25, 0.3) is 22.2 Å². The Hall–Kier alpha value is -3.86. The van der Waals surface area contributed by atoms with Gasteiger partial charge in [-0.05, 0) is 55.2 Å². The molecular formula is C28H27N3O2. The quantitative estimate of drug-likeness (QED) is 0.287. The van der Waals surface area contributed by atoms with E-state index in [0.717, 1.165) is 46.1 Å². The third-order valence-corrected chi connectivity index (χ3v) is 5.72. The Morgan fingerprint density at radius 1 is 0.939 bits per heavy atom. The smallest absolute Gasteiger partial charge is 0.252 e. The number of rotatable bonds is 8. The summed E-state index contributed by atoms with van der Waals surface area (Å²) in [5.41, 5.74) is 5.79. The molecule has 0 atom stereocenters. The molecule has 0 fully saturated rings. The maximum absolute atomic E-state index is 12.4. The van der Waals surface area contributed by atoms with E-state index < -0.39 is 0 Å². The van der Waals surface area contributed by atoms with E-state index in [1.807, 2.05) is 42.5 Å². The summed E-state index contributed by atoms with van der Waals surface area (Å²) in [7, 11) is 0. The van der Waals surface area contributed by atoms with Gasteiger partial charge in [-0.15, -0.1) is 0 Å². The van der Waals surface area contributed by atoms with Crippen molar-refractivity contribution in [1.82, 2.24) is 15.3 Å². The van der Waals surface area contributed by atoms with Gasteiger partial charge in [-0.3, -0.25) is 19.6 Å². The zero-order valence-electron chi connectivity index (χ0n) is 19.0. The number of Topliss-reactive ketones (excluding diaryl/α,β-unsaturated/α-hetero) is 1. The highest BCUT2D eigenvalue weighted by Crippen LogP contribution is 2.28. The van der Waals surface area contributed by atoms with E-state index in [1.54, 1.807) is 25.4 Å². The lowest BCUT2D eigenvalue weighted by Crippen LogP contribution is -2.24. The number of nitrogens with zero attached hydrogens (tertiary/aromatic N) is 2. The fraction of sp³-hybridized carbons (Fsp3) is 0.214. The number of benzene rings is 2. The highest BCUT2D eigenvalue weighted by Gasteiger charge is 2.15. The Morgan fingerprint density at radius 3 is 2.45 bits per heavy atom. The topological polar surface area (TPSA) is 72.0 Å². The molecule has 5 heteroatoms. The van der Waals surface area contributed by atoms with Gasteiger partial charge >= 0.3 is 0 Å². The van der Waals surface area contributed by atoms with Gasteiger partial charge in [0.25, 0.3) is 5.91 Å². The predicted octanol–water partition coefficient (Wildman–Crippen LogP) is 5.62. The van der Waals surface area contributed by atoms with Crippen molar-refractivity contribution in [2.45, 2.75) is 33.1 Å². The molecule has 0 aliphatic carbocycles. The third-order valence-electron chi connectivity index (χ3n) is 5.72. The summed E-state index contributed by atoms with van der Waals surface area (Å²) in [6.07, 6.45) is 5.91. The maximum Gasteiger partial charge on any atom is 0.252 e. The van der Waals surface area contributed by atoms with Gasteiger partial charge < -0.3 is 5.32 Å². The van der Waals surface area contributed by atoms with Crippen molar-refractivity contribution in [2.75, 3.05) is 6.54 Å². The molecule has 2 heterocycles. The average molecular weight is 438 g/mol. The molecule has 0 saturated heterocycles. The number of pyridine rings is 2. The standard InChI is InChI=1S/C28H27N3O2/c1-3-4-14-29-28(33)22-11-12-26(30-17-22)21-10-13-27-24(16-21)23(25(18-31-27)19(2)32)15-20-8-6-5-7-9-20/h5-13,16-18H,3-4,14-15H2,1-2H3,(H,29,33). The van der Waals surface area contributed by atoms with Crippen LogP contribution in [0.15, 0.2) is 73.1 Å². The SMILES string of the molecule is CCCCNC(=O)c1ccc(-c2ccc3ncc(C(C)=O)c(Cc4ccccc4)c3c2)nc1. The molecule has 33 heavy (non-hydrogen) atoms. The van der Waals surface area contributed by atoms with Gasteiger partial charge in [0.15, 0.2) is 5.78 Å². The summed E-state index contributed by atoms with van der Waals surface area (Å²) in [6, 6.07) is 19.7. The first kappa shape index (κ1) is 22.3. The van der Waals surface area contributed by atoms with Crippen molar-refractivity contribution in [1.29, 1.82) is 0 Å². The first-order valence-electron chi connectivity index (χ1n) is 11.3. The minimum Gasteiger partial charge on any atom is -0.352 e. The largest absolute Gasteiger partial charge is 0.352 e. The molecule has 4 aromatic rings. The van der Waals surface area contributed by atoms with E-state index in [1.165, 1.54) is 0 Å². The van der Waals surface area contributed by atoms with Gasteiger partial charge in [0, 0.05) is 35.5 Å². The van der Waals surface area contributed by atoms with Crippen molar-refractivity contribution in [3.05, 3.63) is 95.3 Å². The Kier molecular flexibility index (Phi) is 6.89. The van der Waals surface area contributed by atoms with Gasteiger partial charge in [-0.1, -0.05) is 49.7 Å². The molecule has 0 aliphatic heterocycles. The van der Waals surface area contributed by atoms with E-state index >= 15 is 0 Å². The fourth-order valence-corrected chi connectivity index (χ4v) is 3.88. The molecule has 4 rings (SSSR count). The van der Waals surface area contributed by atoms with Gasteiger partial charge in [-0.25, -0.2) is 0 Å². The first-order valence-corrected chi connectivity index (χ1v) is 11.3. The Morgan fingerprint density at radius 2 is 1.76 bits per heavy atom. The number of hydrogen-bond donors (Lipinski definition) is 1. The van der Waals surface area contributed by atoms with E-state index in [2.05, 4.69) is 34.3 Å². The molecule has 0 radical (unpaired) electrons. The van der Waals surface area contributed by atoms with Crippen LogP contribution in [0.4, 0.5) is 0 Å². The molecule has 1 N–H and O–H groups in total. The Labute approximate surface area is 193 Å². The number of aromatic nitrogens is 2. The lowest BCUT2D eigenvalue weighted by molar-refractivity contribution is 0.0951. The number of unbranched alkanes of at least 4 members (excludes halogenated alkanes) is 1. The number of hydrogen-bond acceptors (Lipinski definition) is 4. The van der Waals surface area contributed by atoms with E-state index in [0.29, 0.717) is 24.1 Å². The van der Waals surface area contributed by atoms with Gasteiger partial charge in [0.1, 0.15) is 0 Å². The minimum atomic E-state index is -0.110. The molecular weight excluding hydrogens is 410 g/mol. The van der Waals surface area contributed by atoms with Crippen LogP contribution >= 0.6 is 0 Å². The highest BCUT2D eigenvalue weighted by atomic mass is 16.1. The summed E-state index contributed by atoms with van der Waals surface area (Å²) in [5.74, 6) is -0.112. The van der Waals surface area contributed by atoms with Crippen LogP contribution in [0.2, 0.25) is 0 Å². The van der Waals surface area contributed by atoms with E-state index in [-0.39, 0.29) is 11.7 Å². The molecule has 166 valence electrons. The number of ketones is 1. The van der Waals surface area contributed by atoms with Crippen LogP contribution in [0.3, 0.4) is 0 Å². The summed E-state index contributed by atoms with van der Waals surface area (Å²) in [6.45, 7) is 4.33. The average Bonchev–Trinajstić information content (AvgIpc) is 2.84. The molecule has 2 aromatic heterocycles. The van der Waals surface area contributed by atoms with Gasteiger partial charge in [0.05, 0.1) is 16.8 Å². The van der Waals surface area contributed by atoms with Crippen LogP contribution in [0.1, 0.15) is 58.5 Å². The summed E-state index contributed by atoms with van der Waals surface area (Å²) in [4.78, 5) is 33.7. The molecule has 1 amide bonds. The molecule has 0 unspecified atom stereocenters. The molecule has 0 spiro atoms. The summed E-state index contributed by atoms with van der Waals surface area (Å²) >= 11 is 0. The van der Waals surface area contributed by atoms with Gasteiger partial charge in [0.2, 0.25) is 0 Å². The van der Waals surface area contributed by atoms with E-state index in [9.17, 15) is 9.59 Å². The van der Waals surface area contributed by atoms with Gasteiger partial charge in [-0.2, -0.15) is 0 Å². The van der Waals surface area contributed by atoms with Crippen molar-refractivity contribution >= 4 is 22.6 Å². The van der Waals surface area contributed by atoms with Crippen LogP contribution in [-0.2, 0) is 6.42 Å². The second-order valence-corrected chi connectivity index (χ2v) is 8.14. The zero-order valence-corrected chi connectivity index (χ0v) is 19.0. The predicted molar refractivity (Wildman–Crippen MR) is 131 cm³/mol. The number of carbonyl (C=O) groups is 2. The number of fused-ring (bicyclic) bond motifs is 1. The molecule has 0 aliphatic rings. The van der Waals surface area contributed by atoms with Crippen molar-refractivity contribution in [3.63, 3.8) is 0 Å². The second-order valence-electron chi connectivity index (χ2n) is 8.14. The Bertz CT molecular complexity index is 1280. The monoisotopic (exact) mass is 437 g/mol. The van der Waals surface area contributed by atoms with Crippen LogP contribution in [-0.4, -0.2) is 28.2 Å². The number of amides is 1. The Balaban J connectivity index is 1.70. The number of carbonyl (C=O) groups excluding carboxylic acids is 2. The highest BCUT2D eigenvalue weighted by molar-refractivity contribution is 6.01. The minimum absolute atomic E-state index is 0.00250. The molecule has 5 nitrogen and oxygen atoms in total. The first-order chi connectivity index (χ1) is 16.1. The number of nitrogens with one attached hydrogen (secondary N) is 1. The van der Waals surface area contributed by atoms with Crippen LogP contribution in [0, 0.1) is 0 Å². The summed E-state index contributed by atoms with van der Waals surface area (Å²) in [5, 5.41) is 3.85. The van der Waals surface area contributed by atoms with Crippen LogP contribution < -0.4 is 5.32 Å². The summed E-state index contributed by atoms with van der Waals surface area (Å²) < 4.78 is 0. The maximum atomic E-state index is 12.4. The zero-order chi connectivity index (χ0) is 23.2. The van der Waals surface area contributed by atoms with Crippen molar-refractivity contribution in [3.8, 4) is 11.3 Å². The normalized spacial score (nSPS) is 10.8. The van der Waals surface area contributed by atoms with E-state index in [4.69, 9.17) is 0 Å². The lowest BCUT2D eigenvalue weighted by Gasteiger charge is -2.12. The lowest BCUT2D eigenvalue weighted by atomic mass is 9.94. The third kappa shape index (κ3) is 5.14. The van der Waals surface area contributed by atoms with Crippen molar-refractivity contribution in [2.24, 2.45) is 0 Å². The second kappa shape index (κ2) is 10.2.